The van der Waals surface area contributed by atoms with Crippen LogP contribution in [0.2, 0.25) is 0 Å². The lowest BCUT2D eigenvalue weighted by Crippen LogP contribution is -2.30. The van der Waals surface area contributed by atoms with Crippen molar-refractivity contribution in [1.82, 2.24) is 10.2 Å². The number of benzene rings is 4. The molecule has 5 aromatic rings. The number of nitrogens with zero attached hydrogens (tertiary/aromatic N) is 1. The highest BCUT2D eigenvalue weighted by molar-refractivity contribution is 9.10. The summed E-state index contributed by atoms with van der Waals surface area (Å²) in [6.45, 7) is 6.21. The number of hydrogen-bond acceptors (Lipinski definition) is 8. The van der Waals surface area contributed by atoms with Crippen LogP contribution in [0.15, 0.2) is 124 Å². The summed E-state index contributed by atoms with van der Waals surface area (Å²) in [6.07, 6.45) is 2.82. The quantitative estimate of drug-likeness (QED) is 0.0581. The lowest BCUT2D eigenvalue weighted by molar-refractivity contribution is -0.116. The van der Waals surface area contributed by atoms with Crippen molar-refractivity contribution in [1.29, 1.82) is 0 Å². The van der Waals surface area contributed by atoms with Crippen LogP contribution in [0.4, 0.5) is 10.7 Å². The largest absolute Gasteiger partial charge is 0.462 e. The van der Waals surface area contributed by atoms with Gasteiger partial charge in [-0.05, 0) is 85.0 Å². The highest BCUT2D eigenvalue weighted by atomic mass is 79.9. The van der Waals surface area contributed by atoms with Crippen LogP contribution in [0.5, 0.6) is 0 Å². The Morgan fingerprint density at radius 1 is 0.909 bits per heavy atom. The Hall–Kier alpha value is -5.01. The second-order valence-electron chi connectivity index (χ2n) is 12.8. The molecule has 0 bridgehead atoms. The van der Waals surface area contributed by atoms with Gasteiger partial charge in [0.1, 0.15) is 10.7 Å². The van der Waals surface area contributed by atoms with E-state index in [0.29, 0.717) is 41.2 Å². The molecule has 0 fully saturated rings. The molecular formula is C43H41BrN4O5S2. The number of hydrogen-bond donors (Lipinski definition) is 3. The smallest absolute Gasteiger partial charge is 0.341 e. The molecule has 0 aliphatic carbocycles. The van der Waals surface area contributed by atoms with Gasteiger partial charge in [0.2, 0.25) is 5.91 Å². The van der Waals surface area contributed by atoms with E-state index in [1.165, 1.54) is 28.7 Å². The van der Waals surface area contributed by atoms with E-state index in [0.717, 1.165) is 38.5 Å². The number of thiophene rings is 1. The number of esters is 1. The standard InChI is InChI=1S/C43H41BrN4O5S2/c1-3-36(41(51)47-42-38(43(52)53-4-2)34-22-23-48(27-37(34)55-42)26-29-12-7-5-8-13-29)54-33-17-11-16-32(25-33)45-40(50)35(24-28-18-20-31(44)21-19-28)46-39(49)30-14-9-6-10-15-30/h5-21,24-25,36H,3-4,22-23,26-27H2,1-2H3,(H,45,50)(H,46,49)(H,47,51)/b35-24-. The molecule has 6 rings (SSSR count). The molecule has 0 saturated carbocycles. The molecule has 1 aliphatic rings. The van der Waals surface area contributed by atoms with Crippen LogP contribution in [-0.4, -0.2) is 47.0 Å². The average Bonchev–Trinajstić information content (AvgIpc) is 3.55. The first kappa shape index (κ1) is 39.7. The first-order chi connectivity index (χ1) is 26.7. The second kappa shape index (κ2) is 19.0. The van der Waals surface area contributed by atoms with Gasteiger partial charge in [-0.1, -0.05) is 89.6 Å². The molecule has 3 amide bonds. The topological polar surface area (TPSA) is 117 Å². The van der Waals surface area contributed by atoms with Crippen molar-refractivity contribution >= 4 is 79.5 Å². The third-order valence-corrected chi connectivity index (χ3v) is 11.9. The van der Waals surface area contributed by atoms with Gasteiger partial charge in [-0.2, -0.15) is 0 Å². The minimum absolute atomic E-state index is 0.0688. The van der Waals surface area contributed by atoms with Crippen LogP contribution < -0.4 is 16.0 Å². The zero-order valence-corrected chi connectivity index (χ0v) is 33.7. The molecule has 0 saturated heterocycles. The molecule has 4 aromatic carbocycles. The fraction of sp³-hybridized carbons (Fsp3) is 0.209. The van der Waals surface area contributed by atoms with E-state index < -0.39 is 23.0 Å². The minimum atomic E-state index is -0.505. The van der Waals surface area contributed by atoms with Gasteiger partial charge < -0.3 is 20.7 Å². The van der Waals surface area contributed by atoms with Crippen LogP contribution >= 0.6 is 39.0 Å². The maximum Gasteiger partial charge on any atom is 0.341 e. The second-order valence-corrected chi connectivity index (χ2v) is 16.1. The monoisotopic (exact) mass is 836 g/mol. The Balaban J connectivity index is 1.16. The maximum atomic E-state index is 13.9. The number of anilines is 2. The Bertz CT molecular complexity index is 2170. The van der Waals surface area contributed by atoms with E-state index in [2.05, 4.69) is 48.9 Å². The van der Waals surface area contributed by atoms with Crippen molar-refractivity contribution in [3.63, 3.8) is 0 Å². The first-order valence-corrected chi connectivity index (χ1v) is 20.5. The number of amides is 3. The molecule has 282 valence electrons. The Labute approximate surface area is 337 Å². The lowest BCUT2D eigenvalue weighted by Gasteiger charge is -2.27. The normalized spacial score (nSPS) is 13.3. The Morgan fingerprint density at radius 3 is 2.35 bits per heavy atom. The third kappa shape index (κ3) is 10.6. The Kier molecular flexibility index (Phi) is 13.7. The predicted octanol–water partition coefficient (Wildman–Crippen LogP) is 9.16. The van der Waals surface area contributed by atoms with Gasteiger partial charge in [0.15, 0.2) is 0 Å². The number of rotatable bonds is 14. The third-order valence-electron chi connectivity index (χ3n) is 8.84. The molecule has 3 N–H and O–H groups in total. The first-order valence-electron chi connectivity index (χ1n) is 18.0. The van der Waals surface area contributed by atoms with Crippen molar-refractivity contribution in [3.05, 3.63) is 152 Å². The van der Waals surface area contributed by atoms with Gasteiger partial charge >= 0.3 is 5.97 Å². The van der Waals surface area contributed by atoms with E-state index in [4.69, 9.17) is 4.74 Å². The number of thioether (sulfide) groups is 1. The van der Waals surface area contributed by atoms with Gasteiger partial charge in [0.25, 0.3) is 11.8 Å². The lowest BCUT2D eigenvalue weighted by atomic mass is 10.0. The van der Waals surface area contributed by atoms with E-state index in [1.807, 2.05) is 61.5 Å². The summed E-state index contributed by atoms with van der Waals surface area (Å²) < 4.78 is 6.34. The molecule has 0 radical (unpaired) electrons. The average molecular weight is 838 g/mol. The number of carbonyl (C=O) groups excluding carboxylic acids is 4. The molecule has 1 aliphatic heterocycles. The van der Waals surface area contributed by atoms with Gasteiger partial charge in [-0.15, -0.1) is 23.1 Å². The summed E-state index contributed by atoms with van der Waals surface area (Å²) in [4.78, 5) is 58.0. The van der Waals surface area contributed by atoms with E-state index in [9.17, 15) is 19.2 Å². The van der Waals surface area contributed by atoms with Crippen molar-refractivity contribution in [2.24, 2.45) is 0 Å². The molecule has 1 aromatic heterocycles. The van der Waals surface area contributed by atoms with Crippen molar-refractivity contribution in [3.8, 4) is 0 Å². The van der Waals surface area contributed by atoms with Crippen LogP contribution in [0.3, 0.4) is 0 Å². The number of fused-ring (bicyclic) bond motifs is 1. The molecule has 55 heavy (non-hydrogen) atoms. The van der Waals surface area contributed by atoms with E-state index in [-0.39, 0.29) is 18.2 Å². The highest BCUT2D eigenvalue weighted by Crippen LogP contribution is 2.39. The van der Waals surface area contributed by atoms with Crippen molar-refractivity contribution in [2.45, 2.75) is 49.9 Å². The van der Waals surface area contributed by atoms with Crippen LogP contribution in [0, 0.1) is 0 Å². The molecule has 9 nitrogen and oxygen atoms in total. The number of carbonyl (C=O) groups is 4. The van der Waals surface area contributed by atoms with Gasteiger partial charge in [-0.3, -0.25) is 19.3 Å². The maximum absolute atomic E-state index is 13.9. The van der Waals surface area contributed by atoms with Crippen molar-refractivity contribution in [2.75, 3.05) is 23.8 Å². The van der Waals surface area contributed by atoms with Gasteiger partial charge in [0, 0.05) is 45.1 Å². The SMILES string of the molecule is CCOC(=O)c1c(NC(=O)C(CC)Sc2cccc(NC(=O)/C(=C/c3ccc(Br)cc3)NC(=O)c3ccccc3)c2)sc2c1CCN(Cc1ccccc1)C2. The van der Waals surface area contributed by atoms with Crippen molar-refractivity contribution < 1.29 is 23.9 Å². The van der Waals surface area contributed by atoms with Crippen LogP contribution in [0.1, 0.15) is 62.6 Å². The molecule has 1 unspecified atom stereocenters. The molecule has 1 atom stereocenters. The van der Waals surface area contributed by atoms with Crippen LogP contribution in [-0.2, 0) is 33.8 Å². The van der Waals surface area contributed by atoms with Gasteiger partial charge in [-0.25, -0.2) is 4.79 Å². The zero-order valence-electron chi connectivity index (χ0n) is 30.5. The molecule has 2 heterocycles. The summed E-state index contributed by atoms with van der Waals surface area (Å²) in [5.74, 6) is -1.57. The highest BCUT2D eigenvalue weighted by Gasteiger charge is 2.31. The van der Waals surface area contributed by atoms with Crippen LogP contribution in [0.25, 0.3) is 6.08 Å². The van der Waals surface area contributed by atoms with E-state index >= 15 is 0 Å². The fourth-order valence-corrected chi connectivity index (χ4v) is 8.69. The summed E-state index contributed by atoms with van der Waals surface area (Å²) in [5.41, 5.74) is 4.33. The summed E-state index contributed by atoms with van der Waals surface area (Å²) in [7, 11) is 0. The minimum Gasteiger partial charge on any atom is -0.462 e. The number of nitrogens with one attached hydrogen (secondary N) is 3. The summed E-state index contributed by atoms with van der Waals surface area (Å²) in [5, 5.41) is 8.78. The predicted molar refractivity (Wildman–Crippen MR) is 224 cm³/mol. The molecular weight excluding hydrogens is 797 g/mol. The number of halogens is 1. The summed E-state index contributed by atoms with van der Waals surface area (Å²) in [6, 6.07) is 33.6. The summed E-state index contributed by atoms with van der Waals surface area (Å²) >= 11 is 6.24. The number of ether oxygens (including phenoxy) is 1. The fourth-order valence-electron chi connectivity index (χ4n) is 6.13. The van der Waals surface area contributed by atoms with E-state index in [1.54, 1.807) is 55.5 Å². The Morgan fingerprint density at radius 2 is 1.64 bits per heavy atom. The molecule has 12 heteroatoms. The zero-order chi connectivity index (χ0) is 38.7. The molecule has 0 spiro atoms. The van der Waals surface area contributed by atoms with Gasteiger partial charge in [0.05, 0.1) is 17.4 Å².